The molecule has 0 unspecified atom stereocenters. The van der Waals surface area contributed by atoms with E-state index in [4.69, 9.17) is 26.0 Å². The smallest absolute Gasteiger partial charge is 0.450 e. The lowest BCUT2D eigenvalue weighted by molar-refractivity contribution is -0.0363. The normalized spacial score (nSPS) is 18.1. The molecule has 1 N–H and O–H groups in total. The topological polar surface area (TPSA) is 88.7 Å². The Bertz CT molecular complexity index is 1200. The van der Waals surface area contributed by atoms with Gasteiger partial charge in [-0.3, -0.25) is 4.90 Å². The molecule has 0 spiro atoms. The number of carboxylic acid groups (broad SMARTS) is 1. The molecule has 0 atom stereocenters. The summed E-state index contributed by atoms with van der Waals surface area (Å²) in [7, 11) is 0. The van der Waals surface area contributed by atoms with Crippen molar-refractivity contribution in [2.45, 2.75) is 63.0 Å². The third kappa shape index (κ3) is 5.55. The van der Waals surface area contributed by atoms with Crippen LogP contribution < -0.4 is 0 Å². The molecule has 0 amide bonds. The molecule has 1 aliphatic heterocycles. The van der Waals surface area contributed by atoms with Crippen LogP contribution in [0, 0.1) is 5.82 Å². The van der Waals surface area contributed by atoms with E-state index in [0.29, 0.717) is 36.2 Å². The first-order valence-corrected chi connectivity index (χ1v) is 12.8. The van der Waals surface area contributed by atoms with Crippen molar-refractivity contribution in [2.24, 2.45) is 0 Å². The van der Waals surface area contributed by atoms with Crippen LogP contribution in [0.1, 0.15) is 55.5 Å². The fourth-order valence-electron chi connectivity index (χ4n) is 5.51. The summed E-state index contributed by atoms with van der Waals surface area (Å²) in [5.74, 6) is 0.818. The molecule has 0 bridgehead atoms. The van der Waals surface area contributed by atoms with E-state index in [9.17, 15) is 9.18 Å². The average Bonchev–Trinajstić information content (AvgIpc) is 3.31. The number of likely N-dealkylation sites (tertiary alicyclic amines) is 1. The number of aromatic nitrogens is 2. The van der Waals surface area contributed by atoms with Crippen molar-refractivity contribution < 1.29 is 23.6 Å². The van der Waals surface area contributed by atoms with E-state index in [1.54, 1.807) is 0 Å². The Hall–Kier alpha value is -2.97. The molecule has 1 aliphatic carbocycles. The zero-order chi connectivity index (χ0) is 25.1. The van der Waals surface area contributed by atoms with Gasteiger partial charge in [-0.15, -0.1) is 0 Å². The average molecular weight is 514 g/mol. The number of halogens is 2. The molecule has 2 aliphatic rings. The van der Waals surface area contributed by atoms with Gasteiger partial charge >= 0.3 is 6.16 Å². The van der Waals surface area contributed by atoms with E-state index in [1.165, 1.54) is 18.6 Å². The summed E-state index contributed by atoms with van der Waals surface area (Å²) in [6.07, 6.45) is 5.47. The number of nitrogens with zero attached hydrogens (tertiary/aromatic N) is 3. The van der Waals surface area contributed by atoms with Crippen LogP contribution in [-0.4, -0.2) is 45.5 Å². The highest BCUT2D eigenvalue weighted by Gasteiger charge is 2.36. The molecule has 1 saturated carbocycles. The number of hydrogen-bond donors (Lipinski definition) is 1. The highest BCUT2D eigenvalue weighted by atomic mass is 35.5. The maximum atomic E-state index is 13.7. The summed E-state index contributed by atoms with van der Waals surface area (Å²) in [6.45, 7) is 1.94. The lowest BCUT2D eigenvalue weighted by Crippen LogP contribution is -2.52. The molecule has 7 nitrogen and oxygen atoms in total. The van der Waals surface area contributed by atoms with Crippen LogP contribution >= 0.6 is 11.6 Å². The molecule has 9 heteroatoms. The third-order valence-corrected chi connectivity index (χ3v) is 7.72. The predicted molar refractivity (Wildman–Crippen MR) is 132 cm³/mol. The summed E-state index contributed by atoms with van der Waals surface area (Å²) in [4.78, 5) is 17.3. The minimum Gasteiger partial charge on any atom is -0.450 e. The second-order valence-corrected chi connectivity index (χ2v) is 10.3. The van der Waals surface area contributed by atoms with Crippen LogP contribution in [0.3, 0.4) is 0 Å². The van der Waals surface area contributed by atoms with Gasteiger partial charge in [0.25, 0.3) is 0 Å². The molecule has 1 saturated heterocycles. The summed E-state index contributed by atoms with van der Waals surface area (Å²) < 4.78 is 24.0. The van der Waals surface area contributed by atoms with E-state index in [0.717, 1.165) is 55.3 Å². The molecule has 190 valence electrons. The Balaban J connectivity index is 1.21. The first kappa shape index (κ1) is 24.7. The fourth-order valence-corrected chi connectivity index (χ4v) is 5.88. The summed E-state index contributed by atoms with van der Waals surface area (Å²) in [5, 5.41) is 13.4. The van der Waals surface area contributed by atoms with E-state index < -0.39 is 6.16 Å². The molecule has 0 radical (unpaired) electrons. The zero-order valence-corrected chi connectivity index (χ0v) is 20.7. The quantitative estimate of drug-likeness (QED) is 0.356. The fraction of sp³-hybridized carbons (Fsp3) is 0.444. The highest BCUT2D eigenvalue weighted by Crippen LogP contribution is 2.45. The predicted octanol–water partition coefficient (Wildman–Crippen LogP) is 6.24. The monoisotopic (exact) mass is 513 g/mol. The van der Waals surface area contributed by atoms with Gasteiger partial charge in [0.05, 0.1) is 0 Å². The van der Waals surface area contributed by atoms with Gasteiger partial charge in [-0.25, -0.2) is 9.18 Å². The second kappa shape index (κ2) is 10.6. The van der Waals surface area contributed by atoms with E-state index in [2.05, 4.69) is 15.0 Å². The van der Waals surface area contributed by atoms with Crippen molar-refractivity contribution >= 4 is 17.8 Å². The van der Waals surface area contributed by atoms with Crippen LogP contribution in [-0.2, 0) is 23.1 Å². The van der Waals surface area contributed by atoms with Gasteiger partial charge < -0.3 is 14.4 Å². The van der Waals surface area contributed by atoms with Crippen LogP contribution in [0.4, 0.5) is 9.18 Å². The molecule has 2 fully saturated rings. The molecule has 5 rings (SSSR count). The molecule has 2 aromatic carbocycles. The van der Waals surface area contributed by atoms with Gasteiger partial charge in [-0.2, -0.15) is 4.98 Å². The van der Waals surface area contributed by atoms with Crippen molar-refractivity contribution in [3.8, 4) is 11.4 Å². The van der Waals surface area contributed by atoms with Gasteiger partial charge in [0.1, 0.15) is 11.9 Å². The number of rotatable bonds is 8. The number of benzene rings is 2. The lowest BCUT2D eigenvalue weighted by atomic mass is 9.67. The molecular formula is C27H29ClFN3O4. The van der Waals surface area contributed by atoms with Crippen LogP contribution in [0.25, 0.3) is 11.4 Å². The maximum absolute atomic E-state index is 13.7. The zero-order valence-electron chi connectivity index (χ0n) is 20.0. The summed E-state index contributed by atoms with van der Waals surface area (Å²) in [5.41, 5.74) is 2.90. The van der Waals surface area contributed by atoms with Crippen molar-refractivity contribution in [3.05, 3.63) is 70.3 Å². The highest BCUT2D eigenvalue weighted by molar-refractivity contribution is 6.31. The molecular weight excluding hydrogens is 485 g/mol. The standard InChI is InChI=1S/C27H29ClFN3O4/c28-23-14-20(29)8-9-22(23)27(11-2-1-3-12-27)13-10-24-30-25(31-36-24)19-6-4-18(5-7-19)15-32-16-21(17-32)35-26(33)34/h4-9,14,21H,1-3,10-13,15-17H2,(H,33,34). The Morgan fingerprint density at radius 1 is 1.17 bits per heavy atom. The minimum absolute atomic E-state index is 0.106. The van der Waals surface area contributed by atoms with Crippen LogP contribution in [0.5, 0.6) is 0 Å². The Labute approximate surface area is 214 Å². The first-order valence-electron chi connectivity index (χ1n) is 12.4. The number of carbonyl (C=O) groups is 1. The molecule has 2 heterocycles. The van der Waals surface area contributed by atoms with Crippen LogP contribution in [0.15, 0.2) is 47.0 Å². The van der Waals surface area contributed by atoms with E-state index in [-0.39, 0.29) is 17.3 Å². The maximum Gasteiger partial charge on any atom is 0.506 e. The van der Waals surface area contributed by atoms with E-state index >= 15 is 0 Å². The minimum atomic E-state index is -1.23. The van der Waals surface area contributed by atoms with Crippen molar-refractivity contribution in [1.82, 2.24) is 15.0 Å². The van der Waals surface area contributed by atoms with Crippen molar-refractivity contribution in [2.75, 3.05) is 13.1 Å². The lowest BCUT2D eigenvalue weighted by Gasteiger charge is -2.38. The second-order valence-electron chi connectivity index (χ2n) is 9.87. The van der Waals surface area contributed by atoms with E-state index in [1.807, 2.05) is 30.3 Å². The SMILES string of the molecule is O=C(O)OC1CN(Cc2ccc(-c3noc(CCC4(c5ccc(F)cc5Cl)CCCCC4)n3)cc2)C1. The molecule has 1 aromatic heterocycles. The Kier molecular flexibility index (Phi) is 7.25. The van der Waals surface area contributed by atoms with Crippen molar-refractivity contribution in [1.29, 1.82) is 0 Å². The number of hydrogen-bond acceptors (Lipinski definition) is 6. The summed E-state index contributed by atoms with van der Waals surface area (Å²) in [6, 6.07) is 12.7. The van der Waals surface area contributed by atoms with Gasteiger partial charge in [-0.05, 0) is 47.9 Å². The Morgan fingerprint density at radius 2 is 1.92 bits per heavy atom. The molecule has 36 heavy (non-hydrogen) atoms. The number of aryl methyl sites for hydroxylation is 1. The third-order valence-electron chi connectivity index (χ3n) is 7.41. The Morgan fingerprint density at radius 3 is 2.61 bits per heavy atom. The summed E-state index contributed by atoms with van der Waals surface area (Å²) >= 11 is 6.48. The van der Waals surface area contributed by atoms with Gasteiger partial charge in [0, 0.05) is 36.6 Å². The van der Waals surface area contributed by atoms with Gasteiger partial charge in [0.2, 0.25) is 11.7 Å². The van der Waals surface area contributed by atoms with Crippen LogP contribution in [0.2, 0.25) is 5.02 Å². The largest absolute Gasteiger partial charge is 0.506 e. The first-order chi connectivity index (χ1) is 17.4. The van der Waals surface area contributed by atoms with Gasteiger partial charge in [0.15, 0.2) is 0 Å². The van der Waals surface area contributed by atoms with Gasteiger partial charge in [-0.1, -0.05) is 66.4 Å². The molecule has 3 aromatic rings. The number of ether oxygens (including phenoxy) is 1. The van der Waals surface area contributed by atoms with Crippen molar-refractivity contribution in [3.63, 3.8) is 0 Å².